The Kier molecular flexibility index (Phi) is 10.0. The molecule has 3 atom stereocenters. The summed E-state index contributed by atoms with van der Waals surface area (Å²) in [7, 11) is 0. The lowest BCUT2D eigenvalue weighted by molar-refractivity contribution is -0.122. The van der Waals surface area contributed by atoms with Gasteiger partial charge in [0, 0.05) is 17.3 Å². The Hall–Kier alpha value is -4.79. The second-order valence-electron chi connectivity index (χ2n) is 11.4. The number of aryl methyl sites for hydroxylation is 2. The molecule has 0 saturated carbocycles. The summed E-state index contributed by atoms with van der Waals surface area (Å²) < 4.78 is 0. The van der Waals surface area contributed by atoms with E-state index in [1.807, 2.05) is 67.6 Å². The topological polar surface area (TPSA) is 146 Å². The normalized spacial score (nSPS) is 19.1. The number of nitrogens with zero attached hydrogens (tertiary/aromatic N) is 4. The van der Waals surface area contributed by atoms with E-state index in [9.17, 15) is 19.2 Å². The number of fused-ring (bicyclic) bond motifs is 4. The summed E-state index contributed by atoms with van der Waals surface area (Å²) in [4.78, 5) is 70.2. The highest BCUT2D eigenvalue weighted by Crippen LogP contribution is 2.26. The lowest BCUT2D eigenvalue weighted by Gasteiger charge is -2.28. The van der Waals surface area contributed by atoms with E-state index < -0.39 is 35.8 Å². The minimum atomic E-state index is -0.674. The number of aromatic nitrogens is 3. The Morgan fingerprint density at radius 3 is 2.12 bits per heavy atom. The fourth-order valence-electron chi connectivity index (χ4n) is 5.41. The largest absolute Gasteiger partial charge is 0.346 e. The molecule has 0 radical (unpaired) electrons. The monoisotopic (exact) mass is 699 g/mol. The number of carbonyl (C=O) groups excluding carboxylic acids is 4. The van der Waals surface area contributed by atoms with Crippen molar-refractivity contribution in [1.29, 1.82) is 0 Å². The average molecular weight is 700 g/mol. The fraction of sp³-hybridized carbons (Fsp3) is 0.265. The van der Waals surface area contributed by atoms with Crippen LogP contribution in [0.15, 0.2) is 71.4 Å². The number of nitrogens with one attached hydrogen (secondary N) is 3. The van der Waals surface area contributed by atoms with E-state index >= 15 is 0 Å². The van der Waals surface area contributed by atoms with Crippen LogP contribution >= 0.6 is 34.0 Å². The van der Waals surface area contributed by atoms with Gasteiger partial charge in [-0.2, -0.15) is 0 Å². The molecule has 2 aromatic carbocycles. The van der Waals surface area contributed by atoms with E-state index in [1.165, 1.54) is 38.9 Å². The molecule has 11 nitrogen and oxygen atoms in total. The van der Waals surface area contributed by atoms with Gasteiger partial charge in [-0.25, -0.2) is 15.0 Å². The van der Waals surface area contributed by atoms with Crippen molar-refractivity contribution in [3.63, 3.8) is 0 Å². The van der Waals surface area contributed by atoms with E-state index in [0.717, 1.165) is 16.1 Å². The van der Waals surface area contributed by atoms with Crippen molar-refractivity contribution in [3.05, 3.63) is 120 Å². The van der Waals surface area contributed by atoms with Gasteiger partial charge in [0.25, 0.3) is 17.7 Å². The maximum absolute atomic E-state index is 14.0. The summed E-state index contributed by atoms with van der Waals surface area (Å²) in [6.45, 7) is 5.10. The maximum Gasteiger partial charge on any atom is 0.271 e. The van der Waals surface area contributed by atoms with Crippen LogP contribution in [0.3, 0.4) is 0 Å². The molecule has 1 aliphatic rings. The molecule has 14 heteroatoms. The molecule has 0 fully saturated rings. The van der Waals surface area contributed by atoms with Crippen LogP contribution in [0.4, 0.5) is 0 Å². The second-order valence-corrected chi connectivity index (χ2v) is 14.4. The average Bonchev–Trinajstić information content (AvgIpc) is 3.84. The molecule has 246 valence electrons. The number of thiazole rings is 3. The molecule has 5 aromatic rings. The minimum Gasteiger partial charge on any atom is -0.346 e. The zero-order valence-corrected chi connectivity index (χ0v) is 28.9. The molecule has 4 bridgehead atoms. The Labute approximate surface area is 289 Å². The predicted molar refractivity (Wildman–Crippen MR) is 185 cm³/mol. The van der Waals surface area contributed by atoms with Crippen molar-refractivity contribution in [2.45, 2.75) is 45.3 Å². The molecule has 48 heavy (non-hydrogen) atoms. The third-order valence-electron chi connectivity index (χ3n) is 7.77. The van der Waals surface area contributed by atoms with Crippen LogP contribution < -0.4 is 16.0 Å². The van der Waals surface area contributed by atoms with Crippen molar-refractivity contribution in [2.24, 2.45) is 0 Å². The van der Waals surface area contributed by atoms with Crippen molar-refractivity contribution in [3.8, 4) is 0 Å². The molecular formula is C34H33N7O4S3. The van der Waals surface area contributed by atoms with E-state index in [-0.39, 0.29) is 30.4 Å². The van der Waals surface area contributed by atoms with Crippen molar-refractivity contribution < 1.29 is 19.2 Å². The Morgan fingerprint density at radius 1 is 0.833 bits per heavy atom. The second kappa shape index (κ2) is 14.5. The number of carbonyl (C=O) groups is 4. The van der Waals surface area contributed by atoms with Crippen molar-refractivity contribution in [1.82, 2.24) is 35.8 Å². The van der Waals surface area contributed by atoms with Crippen LogP contribution in [0.25, 0.3) is 0 Å². The molecule has 1 aliphatic heterocycles. The Balaban J connectivity index is 1.39. The number of rotatable bonds is 4. The number of benzene rings is 2. The highest BCUT2D eigenvalue weighted by molar-refractivity contribution is 7.13. The van der Waals surface area contributed by atoms with E-state index in [0.29, 0.717) is 27.0 Å². The Bertz CT molecular complexity index is 1940. The number of hydrogen-bond acceptors (Lipinski definition) is 10. The SMILES string of the molecule is Cc1nc(C)c(C(=O)N2CC(=O)N[C@@H](C)c3nc(cs3)C(=O)N[C@H](Cc3ccccc3)c3nc(cs3)C(=O)N[C@H](c3ccccc3)C2)s1. The number of amides is 4. The van der Waals surface area contributed by atoms with Crippen LogP contribution in [0.2, 0.25) is 0 Å². The van der Waals surface area contributed by atoms with Crippen molar-refractivity contribution >= 4 is 57.6 Å². The van der Waals surface area contributed by atoms with Gasteiger partial charge < -0.3 is 20.9 Å². The van der Waals surface area contributed by atoms with Crippen LogP contribution in [-0.4, -0.2) is 56.6 Å². The molecule has 0 saturated heterocycles. The molecule has 0 spiro atoms. The highest BCUT2D eigenvalue weighted by Gasteiger charge is 2.30. The van der Waals surface area contributed by atoms with Gasteiger partial charge in [-0.05, 0) is 38.3 Å². The summed E-state index contributed by atoms with van der Waals surface area (Å²) in [6.07, 6.45) is 0.449. The molecule has 0 aliphatic carbocycles. The van der Waals surface area contributed by atoms with Crippen LogP contribution in [0.5, 0.6) is 0 Å². The standard InChI is InChI=1S/C34H33N7O4S3/c1-19-29(48-21(3)35-19)34(45)41-15-25(23-12-8-5-9-13-23)38-31(44)27-18-47-33(40-27)24(14-22-10-6-4-7-11-22)37-30(43)26-17-46-32(39-26)20(2)36-28(42)16-41/h4-13,17-18,20,24-25H,14-16H2,1-3H3,(H,36,42)(H,37,43)(H,38,44)/t20-,24+,25-/m0/s1. The van der Waals surface area contributed by atoms with E-state index in [2.05, 4.69) is 30.9 Å². The van der Waals surface area contributed by atoms with Crippen LogP contribution in [0.1, 0.15) is 87.5 Å². The first-order valence-electron chi connectivity index (χ1n) is 15.3. The van der Waals surface area contributed by atoms with Gasteiger partial charge in [0.05, 0.1) is 35.4 Å². The summed E-state index contributed by atoms with van der Waals surface area (Å²) in [5.74, 6) is -1.62. The molecule has 4 amide bonds. The fourth-order valence-corrected chi connectivity index (χ4v) is 7.96. The van der Waals surface area contributed by atoms with E-state index in [1.54, 1.807) is 24.6 Å². The Morgan fingerprint density at radius 2 is 1.46 bits per heavy atom. The quantitative estimate of drug-likeness (QED) is 0.234. The lowest BCUT2D eigenvalue weighted by atomic mass is 10.1. The first-order valence-corrected chi connectivity index (χ1v) is 17.9. The summed E-state index contributed by atoms with van der Waals surface area (Å²) in [5, 5.41) is 14.2. The van der Waals surface area contributed by atoms with Gasteiger partial charge in [-0.3, -0.25) is 19.2 Å². The first-order chi connectivity index (χ1) is 23.1. The van der Waals surface area contributed by atoms with Gasteiger partial charge in [0.15, 0.2) is 0 Å². The summed E-state index contributed by atoms with van der Waals surface area (Å²) in [5.41, 5.74) is 2.71. The highest BCUT2D eigenvalue weighted by atomic mass is 32.1. The van der Waals surface area contributed by atoms with Crippen LogP contribution in [0, 0.1) is 13.8 Å². The molecule has 3 aromatic heterocycles. The lowest BCUT2D eigenvalue weighted by Crippen LogP contribution is -2.46. The summed E-state index contributed by atoms with van der Waals surface area (Å²) >= 11 is 3.80. The molecule has 4 heterocycles. The predicted octanol–water partition coefficient (Wildman–Crippen LogP) is 5.19. The smallest absolute Gasteiger partial charge is 0.271 e. The summed E-state index contributed by atoms with van der Waals surface area (Å²) in [6, 6.07) is 17.3. The minimum absolute atomic E-state index is 0.0118. The number of hydrogen-bond donors (Lipinski definition) is 3. The van der Waals surface area contributed by atoms with E-state index in [4.69, 9.17) is 0 Å². The molecule has 3 N–H and O–H groups in total. The third kappa shape index (κ3) is 7.67. The molecule has 6 rings (SSSR count). The van der Waals surface area contributed by atoms with Gasteiger partial charge in [0.2, 0.25) is 5.91 Å². The maximum atomic E-state index is 14.0. The van der Waals surface area contributed by atoms with Gasteiger partial charge in [0.1, 0.15) is 26.3 Å². The van der Waals surface area contributed by atoms with Gasteiger partial charge in [-0.1, -0.05) is 60.7 Å². The third-order valence-corrected chi connectivity index (χ3v) is 10.8. The first kappa shape index (κ1) is 33.1. The van der Waals surface area contributed by atoms with Crippen LogP contribution in [-0.2, 0) is 11.2 Å². The van der Waals surface area contributed by atoms with Gasteiger partial charge in [-0.15, -0.1) is 34.0 Å². The van der Waals surface area contributed by atoms with Gasteiger partial charge >= 0.3 is 0 Å². The molecular weight excluding hydrogens is 667 g/mol. The zero-order valence-electron chi connectivity index (χ0n) is 26.4. The molecule has 0 unspecified atom stereocenters. The zero-order chi connectivity index (χ0) is 33.8. The van der Waals surface area contributed by atoms with Crippen molar-refractivity contribution in [2.75, 3.05) is 13.1 Å².